The molecule has 0 aromatic carbocycles. The Balaban J connectivity index is 3.90. The zero-order valence-corrected chi connectivity index (χ0v) is 10.0. The Bertz CT molecular complexity index is 232. The number of hydrogen-bond donors (Lipinski definition) is 2. The predicted octanol–water partition coefficient (Wildman–Crippen LogP) is 1.05. The first-order chi connectivity index (χ1) is 7.76. The Labute approximate surface area is 98.7 Å². The van der Waals surface area contributed by atoms with Crippen molar-refractivity contribution in [2.24, 2.45) is 11.7 Å². The lowest BCUT2D eigenvalue weighted by molar-refractivity contribution is -0.175. The van der Waals surface area contributed by atoms with Crippen LogP contribution in [0.3, 0.4) is 0 Å². The molecule has 0 saturated heterocycles. The molecule has 0 heterocycles. The lowest BCUT2D eigenvalue weighted by Gasteiger charge is -2.21. The van der Waals surface area contributed by atoms with E-state index in [9.17, 15) is 18.0 Å². The van der Waals surface area contributed by atoms with E-state index in [-0.39, 0.29) is 12.0 Å². The SMILES string of the molecule is CC(C)C(CCN)NC(=O)COCC(F)(F)F. The average molecular weight is 256 g/mol. The van der Waals surface area contributed by atoms with Gasteiger partial charge in [0.25, 0.3) is 0 Å². The van der Waals surface area contributed by atoms with Crippen molar-refractivity contribution < 1.29 is 22.7 Å². The van der Waals surface area contributed by atoms with Crippen molar-refractivity contribution in [2.45, 2.75) is 32.5 Å². The summed E-state index contributed by atoms with van der Waals surface area (Å²) in [5.74, 6) is -0.383. The minimum atomic E-state index is -4.41. The second kappa shape index (κ2) is 7.50. The largest absolute Gasteiger partial charge is 0.411 e. The smallest absolute Gasteiger partial charge is 0.362 e. The van der Waals surface area contributed by atoms with E-state index in [2.05, 4.69) is 10.1 Å². The maximum Gasteiger partial charge on any atom is 0.411 e. The fourth-order valence-electron chi connectivity index (χ4n) is 1.26. The molecule has 0 aromatic rings. The van der Waals surface area contributed by atoms with Gasteiger partial charge in [0, 0.05) is 6.04 Å². The molecule has 0 aliphatic rings. The van der Waals surface area contributed by atoms with Crippen molar-refractivity contribution in [2.75, 3.05) is 19.8 Å². The van der Waals surface area contributed by atoms with Gasteiger partial charge in [-0.25, -0.2) is 0 Å². The number of hydrogen-bond acceptors (Lipinski definition) is 3. The number of alkyl halides is 3. The molecule has 3 N–H and O–H groups in total. The summed E-state index contributed by atoms with van der Waals surface area (Å²) in [4.78, 5) is 11.3. The molecular weight excluding hydrogens is 237 g/mol. The summed E-state index contributed by atoms with van der Waals surface area (Å²) in [7, 11) is 0. The van der Waals surface area contributed by atoms with Gasteiger partial charge < -0.3 is 15.8 Å². The average Bonchev–Trinajstić information content (AvgIpc) is 2.14. The number of ether oxygens (including phenoxy) is 1. The standard InChI is InChI=1S/C10H19F3N2O2/c1-7(2)8(3-4-14)15-9(16)5-17-6-10(11,12)13/h7-8H,3-6,14H2,1-2H3,(H,15,16). The maximum atomic E-state index is 11.7. The highest BCUT2D eigenvalue weighted by Gasteiger charge is 2.28. The van der Waals surface area contributed by atoms with Gasteiger partial charge in [-0.15, -0.1) is 0 Å². The first kappa shape index (κ1) is 16.2. The van der Waals surface area contributed by atoms with Crippen LogP contribution in [0.5, 0.6) is 0 Å². The normalized spacial score (nSPS) is 13.8. The second-order valence-corrected chi connectivity index (χ2v) is 4.10. The molecule has 0 fully saturated rings. The summed E-state index contributed by atoms with van der Waals surface area (Å²) >= 11 is 0. The van der Waals surface area contributed by atoms with Crippen LogP contribution in [0.25, 0.3) is 0 Å². The van der Waals surface area contributed by atoms with Crippen LogP contribution >= 0.6 is 0 Å². The molecule has 0 aliphatic carbocycles. The molecule has 1 amide bonds. The third-order valence-corrected chi connectivity index (χ3v) is 2.13. The highest BCUT2D eigenvalue weighted by Crippen LogP contribution is 2.14. The quantitative estimate of drug-likeness (QED) is 0.715. The van der Waals surface area contributed by atoms with Gasteiger partial charge in [0.2, 0.25) is 5.91 Å². The van der Waals surface area contributed by atoms with E-state index in [4.69, 9.17) is 5.73 Å². The summed E-state index contributed by atoms with van der Waals surface area (Å²) in [6, 6.07) is -0.137. The first-order valence-electron chi connectivity index (χ1n) is 5.40. The summed E-state index contributed by atoms with van der Waals surface area (Å²) < 4.78 is 39.5. The number of nitrogens with two attached hydrogens (primary N) is 1. The Hall–Kier alpha value is -0.820. The summed E-state index contributed by atoms with van der Waals surface area (Å²) in [6.07, 6.45) is -3.82. The number of rotatable bonds is 7. The van der Waals surface area contributed by atoms with Crippen molar-refractivity contribution in [3.63, 3.8) is 0 Å². The van der Waals surface area contributed by atoms with E-state index in [1.165, 1.54) is 0 Å². The van der Waals surface area contributed by atoms with Crippen molar-refractivity contribution in [1.29, 1.82) is 0 Å². The molecule has 0 rings (SSSR count). The van der Waals surface area contributed by atoms with Gasteiger partial charge in [0.05, 0.1) is 0 Å². The second-order valence-electron chi connectivity index (χ2n) is 4.10. The van der Waals surface area contributed by atoms with E-state index < -0.39 is 25.3 Å². The Morgan fingerprint density at radius 1 is 1.41 bits per heavy atom. The van der Waals surface area contributed by atoms with Crippen LogP contribution in [-0.2, 0) is 9.53 Å². The Morgan fingerprint density at radius 2 is 2.00 bits per heavy atom. The third kappa shape index (κ3) is 8.93. The van der Waals surface area contributed by atoms with E-state index in [1.54, 1.807) is 0 Å². The van der Waals surface area contributed by atoms with Crippen LogP contribution < -0.4 is 11.1 Å². The fourth-order valence-corrected chi connectivity index (χ4v) is 1.26. The topological polar surface area (TPSA) is 64.3 Å². The van der Waals surface area contributed by atoms with Gasteiger partial charge in [-0.3, -0.25) is 4.79 Å². The highest BCUT2D eigenvalue weighted by atomic mass is 19.4. The number of halogens is 3. The van der Waals surface area contributed by atoms with Gasteiger partial charge in [0.1, 0.15) is 13.2 Å². The summed E-state index contributed by atoms with van der Waals surface area (Å²) in [5, 5.41) is 2.59. The number of carbonyl (C=O) groups is 1. The molecule has 0 aliphatic heterocycles. The van der Waals surface area contributed by atoms with Crippen molar-refractivity contribution in [1.82, 2.24) is 5.32 Å². The van der Waals surface area contributed by atoms with E-state index in [0.717, 1.165) is 0 Å². The summed E-state index contributed by atoms with van der Waals surface area (Å²) in [6.45, 7) is 2.21. The molecule has 0 saturated carbocycles. The molecule has 0 radical (unpaired) electrons. The van der Waals surface area contributed by atoms with Gasteiger partial charge in [-0.1, -0.05) is 13.8 Å². The van der Waals surface area contributed by atoms with Crippen LogP contribution in [0.15, 0.2) is 0 Å². The van der Waals surface area contributed by atoms with E-state index in [1.807, 2.05) is 13.8 Å². The highest BCUT2D eigenvalue weighted by molar-refractivity contribution is 5.77. The van der Waals surface area contributed by atoms with E-state index >= 15 is 0 Å². The molecule has 1 atom stereocenters. The zero-order valence-electron chi connectivity index (χ0n) is 10.0. The minimum absolute atomic E-state index is 0.137. The van der Waals surface area contributed by atoms with Crippen LogP contribution in [0.4, 0.5) is 13.2 Å². The fraction of sp³-hybridized carbons (Fsp3) is 0.900. The molecule has 7 heteroatoms. The molecule has 17 heavy (non-hydrogen) atoms. The molecule has 0 bridgehead atoms. The van der Waals surface area contributed by atoms with Crippen molar-refractivity contribution >= 4 is 5.91 Å². The molecular formula is C10H19F3N2O2. The van der Waals surface area contributed by atoms with Crippen molar-refractivity contribution in [3.05, 3.63) is 0 Å². The summed E-state index contributed by atoms with van der Waals surface area (Å²) in [5.41, 5.74) is 5.37. The van der Waals surface area contributed by atoms with Gasteiger partial charge in [0.15, 0.2) is 0 Å². The monoisotopic (exact) mass is 256 g/mol. The van der Waals surface area contributed by atoms with Gasteiger partial charge >= 0.3 is 6.18 Å². The van der Waals surface area contributed by atoms with Gasteiger partial charge in [-0.2, -0.15) is 13.2 Å². The number of nitrogens with one attached hydrogen (secondary N) is 1. The zero-order chi connectivity index (χ0) is 13.5. The molecule has 102 valence electrons. The first-order valence-corrected chi connectivity index (χ1v) is 5.40. The predicted molar refractivity (Wildman–Crippen MR) is 57.3 cm³/mol. The lowest BCUT2D eigenvalue weighted by atomic mass is 10.0. The number of carbonyl (C=O) groups excluding carboxylic acids is 1. The molecule has 4 nitrogen and oxygen atoms in total. The van der Waals surface area contributed by atoms with Crippen LogP contribution in [0.2, 0.25) is 0 Å². The van der Waals surface area contributed by atoms with Crippen LogP contribution in [-0.4, -0.2) is 37.9 Å². The van der Waals surface area contributed by atoms with Crippen LogP contribution in [0, 0.1) is 5.92 Å². The van der Waals surface area contributed by atoms with Crippen LogP contribution in [0.1, 0.15) is 20.3 Å². The number of amides is 1. The lowest BCUT2D eigenvalue weighted by Crippen LogP contribution is -2.42. The molecule has 0 spiro atoms. The third-order valence-electron chi connectivity index (χ3n) is 2.13. The molecule has 1 unspecified atom stereocenters. The minimum Gasteiger partial charge on any atom is -0.362 e. The van der Waals surface area contributed by atoms with Gasteiger partial charge in [-0.05, 0) is 18.9 Å². The Kier molecular flexibility index (Phi) is 7.13. The van der Waals surface area contributed by atoms with E-state index in [0.29, 0.717) is 13.0 Å². The maximum absolute atomic E-state index is 11.7. The van der Waals surface area contributed by atoms with Crippen molar-refractivity contribution in [3.8, 4) is 0 Å². The molecule has 0 aromatic heterocycles. The Morgan fingerprint density at radius 3 is 2.41 bits per heavy atom.